The highest BCUT2D eigenvalue weighted by Crippen LogP contribution is 2.20. The maximum absolute atomic E-state index is 10.2. The van der Waals surface area contributed by atoms with E-state index in [0.717, 1.165) is 37.7 Å². The maximum atomic E-state index is 10.2. The van der Waals surface area contributed by atoms with E-state index in [9.17, 15) is 5.11 Å². The predicted octanol–water partition coefficient (Wildman–Crippen LogP) is 2.38. The van der Waals surface area contributed by atoms with Crippen LogP contribution >= 0.6 is 0 Å². The molecular formula is C20H28N2O4. The lowest BCUT2D eigenvalue weighted by molar-refractivity contribution is 0.00442. The Balaban J connectivity index is 1.36. The van der Waals surface area contributed by atoms with Crippen LogP contribution in [-0.2, 0) is 11.3 Å². The summed E-state index contributed by atoms with van der Waals surface area (Å²) in [5, 5.41) is 10.2. The fourth-order valence-corrected chi connectivity index (χ4v) is 3.15. The molecule has 0 aliphatic carbocycles. The van der Waals surface area contributed by atoms with Gasteiger partial charge in [-0.2, -0.15) is 0 Å². The van der Waals surface area contributed by atoms with Crippen molar-refractivity contribution in [2.75, 3.05) is 50.8 Å². The minimum atomic E-state index is -0.484. The largest absolute Gasteiger partial charge is 0.494 e. The van der Waals surface area contributed by atoms with E-state index < -0.39 is 6.10 Å². The molecule has 142 valence electrons. The summed E-state index contributed by atoms with van der Waals surface area (Å²) in [6.45, 7) is 7.80. The average Bonchev–Trinajstić information content (AvgIpc) is 3.17. The Hall–Kier alpha value is -2.02. The van der Waals surface area contributed by atoms with E-state index in [1.807, 2.05) is 31.2 Å². The lowest BCUT2D eigenvalue weighted by Gasteiger charge is -2.36. The standard InChI is InChI=1S/C20H28N2O4/c1-2-25-19-7-5-17(6-8-19)22-11-9-21(10-12-22)14-18(23)15-24-16-20-4-3-13-26-20/h3-8,13,18,23H,2,9-12,14-16H2,1H3. The SMILES string of the molecule is CCOc1ccc(N2CCN(CC(O)COCc3ccco3)CC2)cc1. The van der Waals surface area contributed by atoms with E-state index in [0.29, 0.717) is 26.4 Å². The molecule has 1 aromatic carbocycles. The molecule has 1 unspecified atom stereocenters. The molecule has 0 bridgehead atoms. The quantitative estimate of drug-likeness (QED) is 0.741. The summed E-state index contributed by atoms with van der Waals surface area (Å²) in [6.07, 6.45) is 1.14. The van der Waals surface area contributed by atoms with Crippen molar-refractivity contribution >= 4 is 5.69 Å². The van der Waals surface area contributed by atoms with Gasteiger partial charge in [-0.25, -0.2) is 0 Å². The fourth-order valence-electron chi connectivity index (χ4n) is 3.15. The van der Waals surface area contributed by atoms with Gasteiger partial charge in [0.2, 0.25) is 0 Å². The van der Waals surface area contributed by atoms with E-state index in [1.54, 1.807) is 6.26 Å². The Morgan fingerprint density at radius 3 is 2.54 bits per heavy atom. The number of β-amino-alcohol motifs (C(OH)–C–C–N with tert-alkyl or cyclic N) is 1. The number of hydrogen-bond acceptors (Lipinski definition) is 6. The molecule has 6 heteroatoms. The van der Waals surface area contributed by atoms with Crippen molar-refractivity contribution in [2.45, 2.75) is 19.6 Å². The molecule has 0 saturated carbocycles. The molecule has 3 rings (SSSR count). The van der Waals surface area contributed by atoms with Gasteiger partial charge < -0.3 is 23.9 Å². The summed E-state index contributed by atoms with van der Waals surface area (Å²) in [5.74, 6) is 1.69. The average molecular weight is 360 g/mol. The third-order valence-electron chi connectivity index (χ3n) is 4.49. The van der Waals surface area contributed by atoms with Gasteiger partial charge in [0, 0.05) is 38.4 Å². The third-order valence-corrected chi connectivity index (χ3v) is 4.49. The molecule has 0 spiro atoms. The van der Waals surface area contributed by atoms with Gasteiger partial charge in [-0.1, -0.05) is 0 Å². The summed E-state index contributed by atoms with van der Waals surface area (Å²) in [5.41, 5.74) is 1.22. The number of aliphatic hydroxyl groups excluding tert-OH is 1. The molecule has 1 saturated heterocycles. The molecule has 1 aliphatic heterocycles. The van der Waals surface area contributed by atoms with Crippen LogP contribution in [0.3, 0.4) is 0 Å². The van der Waals surface area contributed by atoms with Crippen LogP contribution in [0.4, 0.5) is 5.69 Å². The van der Waals surface area contributed by atoms with Crippen molar-refractivity contribution in [1.29, 1.82) is 0 Å². The second-order valence-electron chi connectivity index (χ2n) is 6.46. The molecular weight excluding hydrogens is 332 g/mol. The topological polar surface area (TPSA) is 58.3 Å². The van der Waals surface area contributed by atoms with Crippen LogP contribution in [0.1, 0.15) is 12.7 Å². The normalized spacial score (nSPS) is 16.6. The van der Waals surface area contributed by atoms with E-state index >= 15 is 0 Å². The van der Waals surface area contributed by atoms with Crippen LogP contribution < -0.4 is 9.64 Å². The van der Waals surface area contributed by atoms with Crippen molar-refractivity contribution in [3.05, 3.63) is 48.4 Å². The number of anilines is 1. The third kappa shape index (κ3) is 5.49. The van der Waals surface area contributed by atoms with Crippen LogP contribution in [0.5, 0.6) is 5.75 Å². The molecule has 0 radical (unpaired) electrons. The lowest BCUT2D eigenvalue weighted by Crippen LogP contribution is -2.49. The summed E-state index contributed by atoms with van der Waals surface area (Å²) >= 11 is 0. The highest BCUT2D eigenvalue weighted by atomic mass is 16.5. The van der Waals surface area contributed by atoms with E-state index in [4.69, 9.17) is 13.9 Å². The number of furan rings is 1. The van der Waals surface area contributed by atoms with Crippen LogP contribution in [0.25, 0.3) is 0 Å². The highest BCUT2D eigenvalue weighted by molar-refractivity contribution is 5.49. The van der Waals surface area contributed by atoms with E-state index in [1.165, 1.54) is 5.69 Å². The second kappa shape index (κ2) is 9.62. The predicted molar refractivity (Wildman–Crippen MR) is 101 cm³/mol. The number of hydrogen-bond donors (Lipinski definition) is 1. The molecule has 6 nitrogen and oxygen atoms in total. The molecule has 2 heterocycles. The Kier molecular flexibility index (Phi) is 6.94. The van der Waals surface area contributed by atoms with Crippen molar-refractivity contribution in [2.24, 2.45) is 0 Å². The van der Waals surface area contributed by atoms with Gasteiger partial charge >= 0.3 is 0 Å². The van der Waals surface area contributed by atoms with Gasteiger partial charge in [0.05, 0.1) is 25.6 Å². The molecule has 1 N–H and O–H groups in total. The molecule has 1 atom stereocenters. The summed E-state index contributed by atoms with van der Waals surface area (Å²) < 4.78 is 16.2. The molecule has 1 aliphatic rings. The number of piperazine rings is 1. The number of ether oxygens (including phenoxy) is 2. The minimum absolute atomic E-state index is 0.319. The van der Waals surface area contributed by atoms with Gasteiger partial charge in [-0.15, -0.1) is 0 Å². The number of rotatable bonds is 9. The highest BCUT2D eigenvalue weighted by Gasteiger charge is 2.19. The van der Waals surface area contributed by atoms with Gasteiger partial charge in [-0.3, -0.25) is 4.90 Å². The molecule has 1 fully saturated rings. The second-order valence-corrected chi connectivity index (χ2v) is 6.46. The zero-order chi connectivity index (χ0) is 18.2. The summed E-state index contributed by atoms with van der Waals surface area (Å²) in [4.78, 5) is 4.65. The number of aliphatic hydroxyl groups is 1. The molecule has 1 aromatic heterocycles. The summed E-state index contributed by atoms with van der Waals surface area (Å²) in [6, 6.07) is 12.0. The Bertz CT molecular complexity index is 622. The molecule has 2 aromatic rings. The minimum Gasteiger partial charge on any atom is -0.494 e. The van der Waals surface area contributed by atoms with Crippen LogP contribution in [0.15, 0.2) is 47.1 Å². The smallest absolute Gasteiger partial charge is 0.129 e. The molecule has 26 heavy (non-hydrogen) atoms. The van der Waals surface area contributed by atoms with Crippen molar-refractivity contribution in [1.82, 2.24) is 4.90 Å². The van der Waals surface area contributed by atoms with Gasteiger partial charge in [0.1, 0.15) is 18.1 Å². The first kappa shape index (κ1) is 18.8. The van der Waals surface area contributed by atoms with Crippen molar-refractivity contribution in [3.8, 4) is 5.75 Å². The first-order valence-corrected chi connectivity index (χ1v) is 9.23. The fraction of sp³-hybridized carbons (Fsp3) is 0.500. The zero-order valence-electron chi connectivity index (χ0n) is 15.3. The number of benzene rings is 1. The van der Waals surface area contributed by atoms with Crippen LogP contribution in [0.2, 0.25) is 0 Å². The van der Waals surface area contributed by atoms with Gasteiger partial charge in [0.25, 0.3) is 0 Å². The Morgan fingerprint density at radius 1 is 1.12 bits per heavy atom. The van der Waals surface area contributed by atoms with Crippen molar-refractivity contribution in [3.63, 3.8) is 0 Å². The van der Waals surface area contributed by atoms with Crippen LogP contribution in [-0.4, -0.2) is 62.0 Å². The number of nitrogens with zero attached hydrogens (tertiary/aromatic N) is 2. The monoisotopic (exact) mass is 360 g/mol. The van der Waals surface area contributed by atoms with Crippen molar-refractivity contribution < 1.29 is 19.0 Å². The Labute approximate surface area is 154 Å². The van der Waals surface area contributed by atoms with E-state index in [2.05, 4.69) is 21.9 Å². The molecule has 0 amide bonds. The lowest BCUT2D eigenvalue weighted by atomic mass is 10.2. The van der Waals surface area contributed by atoms with Crippen LogP contribution in [0, 0.1) is 0 Å². The summed E-state index contributed by atoms with van der Waals surface area (Å²) in [7, 11) is 0. The Morgan fingerprint density at radius 2 is 1.88 bits per heavy atom. The zero-order valence-corrected chi connectivity index (χ0v) is 15.3. The van der Waals surface area contributed by atoms with Gasteiger partial charge in [-0.05, 0) is 43.3 Å². The van der Waals surface area contributed by atoms with Gasteiger partial charge in [0.15, 0.2) is 0 Å². The first-order chi connectivity index (χ1) is 12.7. The van der Waals surface area contributed by atoms with E-state index in [-0.39, 0.29) is 0 Å². The maximum Gasteiger partial charge on any atom is 0.129 e. The first-order valence-electron chi connectivity index (χ1n) is 9.23.